The molecule has 0 aromatic rings. The van der Waals surface area contributed by atoms with Gasteiger partial charge in [-0.15, -0.1) is 0 Å². The summed E-state index contributed by atoms with van der Waals surface area (Å²) in [6, 6.07) is 0. The number of carbonyl (C=O) groups is 4. The number of unbranched alkanes of at least 4 members (excludes halogenated alkanes) is 46. The number of carbonyl (C=O) groups excluding carboxylic acids is 4. The summed E-state index contributed by atoms with van der Waals surface area (Å²) in [5.41, 5.74) is 0. The molecule has 2 unspecified atom stereocenters. The SMILES string of the molecule is CCCCCCCCCCCCCCC(=O)OC[C@H](COP(=O)(O)OC[C@@H](O)COP(=O)(O)OC[C@@H](COC(=O)CCCCCCCCCCCCC)OC(=O)CCCCCCCCCCCCC)OC(=O)CCCCCCCCCCCCCCCCCCC(C)C. The molecule has 17 nitrogen and oxygen atoms in total. The molecule has 0 radical (unpaired) electrons. The molecule has 0 saturated heterocycles. The zero-order valence-electron chi connectivity index (χ0n) is 60.4. The number of rotatable bonds is 74. The smallest absolute Gasteiger partial charge is 0.462 e. The fraction of sp³-hybridized carbons (Fsp3) is 0.946. The standard InChI is InChI=1S/C74H144O17P2/c1-6-9-12-15-18-21-24-34-38-43-48-53-58-72(77)85-64-70(91-74(79)60-55-50-45-40-35-30-28-26-25-27-29-33-36-41-46-51-56-67(4)5)66-89-93(82,83)87-62-68(75)61-86-92(80,81)88-65-69(90-73(78)59-54-49-44-39-32-23-20-17-14-11-8-3)63-84-71(76)57-52-47-42-37-31-22-19-16-13-10-7-2/h67-70,75H,6-66H2,1-5H3,(H,80,81)(H,82,83)/t68-,69+,70+/m0/s1. The number of aliphatic hydroxyl groups is 1. The van der Waals surface area contributed by atoms with E-state index in [4.69, 9.17) is 37.0 Å². The predicted molar refractivity (Wildman–Crippen MR) is 377 cm³/mol. The molecule has 0 aliphatic carbocycles. The molecule has 0 aromatic carbocycles. The average molecular weight is 1370 g/mol. The lowest BCUT2D eigenvalue weighted by Crippen LogP contribution is -2.30. The predicted octanol–water partition coefficient (Wildman–Crippen LogP) is 21.7. The van der Waals surface area contributed by atoms with Crippen molar-refractivity contribution >= 4 is 39.5 Å². The lowest BCUT2D eigenvalue weighted by atomic mass is 10.0. The van der Waals surface area contributed by atoms with Gasteiger partial charge in [-0.3, -0.25) is 37.3 Å². The van der Waals surface area contributed by atoms with Crippen molar-refractivity contribution in [1.82, 2.24) is 0 Å². The van der Waals surface area contributed by atoms with Crippen LogP contribution in [-0.2, 0) is 65.4 Å². The molecule has 0 aliphatic rings. The van der Waals surface area contributed by atoms with Crippen molar-refractivity contribution in [2.24, 2.45) is 5.92 Å². The van der Waals surface area contributed by atoms with Crippen molar-refractivity contribution in [3.63, 3.8) is 0 Å². The summed E-state index contributed by atoms with van der Waals surface area (Å²) < 4.78 is 68.4. The Hall–Kier alpha value is -1.94. The first-order valence-corrected chi connectivity index (χ1v) is 41.6. The number of phosphoric acid groups is 2. The highest BCUT2D eigenvalue weighted by atomic mass is 31.2. The number of hydrogen-bond acceptors (Lipinski definition) is 15. The van der Waals surface area contributed by atoms with Gasteiger partial charge in [-0.25, -0.2) is 9.13 Å². The molecule has 552 valence electrons. The summed E-state index contributed by atoms with van der Waals surface area (Å²) in [5, 5.41) is 10.6. The van der Waals surface area contributed by atoms with Crippen molar-refractivity contribution in [2.75, 3.05) is 39.6 Å². The molecule has 19 heteroatoms. The minimum atomic E-state index is -4.95. The zero-order chi connectivity index (χ0) is 68.4. The fourth-order valence-corrected chi connectivity index (χ4v) is 12.9. The maximum Gasteiger partial charge on any atom is 0.472 e. The Morgan fingerprint density at radius 2 is 0.495 bits per heavy atom. The third-order valence-corrected chi connectivity index (χ3v) is 19.2. The van der Waals surface area contributed by atoms with Crippen LogP contribution in [0.25, 0.3) is 0 Å². The summed E-state index contributed by atoms with van der Waals surface area (Å²) in [5.74, 6) is -1.31. The molecule has 0 saturated carbocycles. The molecule has 0 spiro atoms. The average Bonchev–Trinajstić information content (AvgIpc) is 3.34. The Kier molecular flexibility index (Phi) is 65.9. The van der Waals surface area contributed by atoms with Crippen LogP contribution < -0.4 is 0 Å². The van der Waals surface area contributed by atoms with Crippen molar-refractivity contribution in [3.05, 3.63) is 0 Å². The van der Waals surface area contributed by atoms with E-state index in [9.17, 15) is 43.2 Å². The highest BCUT2D eigenvalue weighted by molar-refractivity contribution is 7.47. The van der Waals surface area contributed by atoms with Gasteiger partial charge in [0.1, 0.15) is 19.3 Å². The largest absolute Gasteiger partial charge is 0.472 e. The molecule has 3 N–H and O–H groups in total. The van der Waals surface area contributed by atoms with E-state index in [1.54, 1.807) is 0 Å². The van der Waals surface area contributed by atoms with Gasteiger partial charge in [-0.1, -0.05) is 336 Å². The van der Waals surface area contributed by atoms with E-state index in [0.29, 0.717) is 25.7 Å². The van der Waals surface area contributed by atoms with Crippen molar-refractivity contribution in [3.8, 4) is 0 Å². The summed E-state index contributed by atoms with van der Waals surface area (Å²) >= 11 is 0. The second-order valence-corrected chi connectivity index (χ2v) is 30.1. The fourth-order valence-electron chi connectivity index (χ4n) is 11.4. The van der Waals surface area contributed by atoms with Crippen LogP contribution in [0.4, 0.5) is 0 Å². The molecule has 0 amide bonds. The number of hydrogen-bond donors (Lipinski definition) is 3. The topological polar surface area (TPSA) is 237 Å². The summed E-state index contributed by atoms with van der Waals surface area (Å²) in [7, 11) is -9.90. The maximum atomic E-state index is 13.1. The van der Waals surface area contributed by atoms with Crippen LogP contribution >= 0.6 is 15.6 Å². The second kappa shape index (κ2) is 67.3. The van der Waals surface area contributed by atoms with Gasteiger partial charge in [0.15, 0.2) is 12.2 Å². The highest BCUT2D eigenvalue weighted by Crippen LogP contribution is 2.45. The summed E-state index contributed by atoms with van der Waals surface area (Å²) in [6.07, 6.45) is 55.3. The highest BCUT2D eigenvalue weighted by Gasteiger charge is 2.30. The molecular weight excluding hydrogens is 1220 g/mol. The Labute approximate surface area is 568 Å². The Morgan fingerprint density at radius 1 is 0.290 bits per heavy atom. The van der Waals surface area contributed by atoms with E-state index in [2.05, 4.69) is 34.6 Å². The van der Waals surface area contributed by atoms with E-state index in [1.165, 1.54) is 212 Å². The molecule has 5 atom stereocenters. The first kappa shape index (κ1) is 91.1. The van der Waals surface area contributed by atoms with Crippen molar-refractivity contribution in [1.29, 1.82) is 0 Å². The Bertz CT molecular complexity index is 1790. The maximum absolute atomic E-state index is 13.1. The van der Waals surface area contributed by atoms with Crippen LogP contribution in [0.15, 0.2) is 0 Å². The number of phosphoric ester groups is 2. The molecule has 0 rings (SSSR count). The van der Waals surface area contributed by atoms with Crippen molar-refractivity contribution in [2.45, 2.75) is 406 Å². The summed E-state index contributed by atoms with van der Waals surface area (Å²) in [4.78, 5) is 72.7. The molecular formula is C74H144O17P2. The number of aliphatic hydroxyl groups excluding tert-OH is 1. The quantitative estimate of drug-likeness (QED) is 0.0222. The summed E-state index contributed by atoms with van der Waals surface area (Å²) in [6.45, 7) is 7.30. The van der Waals surface area contributed by atoms with Gasteiger partial charge in [-0.2, -0.15) is 0 Å². The monoisotopic (exact) mass is 1370 g/mol. The van der Waals surface area contributed by atoms with Crippen LogP contribution in [0, 0.1) is 5.92 Å². The molecule has 93 heavy (non-hydrogen) atoms. The second-order valence-electron chi connectivity index (χ2n) is 27.2. The van der Waals surface area contributed by atoms with Gasteiger partial charge >= 0.3 is 39.5 Å². The van der Waals surface area contributed by atoms with Crippen molar-refractivity contribution < 1.29 is 80.2 Å². The van der Waals surface area contributed by atoms with Gasteiger partial charge in [0.2, 0.25) is 0 Å². The van der Waals surface area contributed by atoms with Gasteiger partial charge < -0.3 is 33.8 Å². The Morgan fingerprint density at radius 3 is 0.731 bits per heavy atom. The Balaban J connectivity index is 5.21. The molecule has 0 aliphatic heterocycles. The molecule has 0 bridgehead atoms. The lowest BCUT2D eigenvalue weighted by Gasteiger charge is -2.21. The van der Waals surface area contributed by atoms with E-state index in [-0.39, 0.29) is 25.7 Å². The van der Waals surface area contributed by atoms with Gasteiger partial charge in [0, 0.05) is 25.7 Å². The third-order valence-electron chi connectivity index (χ3n) is 17.3. The normalized spacial score (nSPS) is 14.0. The zero-order valence-corrected chi connectivity index (χ0v) is 62.2. The van der Waals surface area contributed by atoms with E-state index < -0.39 is 97.5 Å². The third kappa shape index (κ3) is 68.4. The van der Waals surface area contributed by atoms with E-state index in [1.807, 2.05) is 0 Å². The van der Waals surface area contributed by atoms with Crippen LogP contribution in [-0.4, -0.2) is 96.7 Å². The van der Waals surface area contributed by atoms with Gasteiger partial charge in [-0.05, 0) is 31.6 Å². The lowest BCUT2D eigenvalue weighted by molar-refractivity contribution is -0.161. The minimum absolute atomic E-state index is 0.107. The van der Waals surface area contributed by atoms with Gasteiger partial charge in [0.05, 0.1) is 26.4 Å². The van der Waals surface area contributed by atoms with Crippen LogP contribution in [0.3, 0.4) is 0 Å². The van der Waals surface area contributed by atoms with E-state index >= 15 is 0 Å². The molecule has 0 fully saturated rings. The number of ether oxygens (including phenoxy) is 4. The van der Waals surface area contributed by atoms with Crippen LogP contribution in [0.1, 0.15) is 388 Å². The first-order valence-electron chi connectivity index (χ1n) is 38.6. The molecule has 0 heterocycles. The van der Waals surface area contributed by atoms with Crippen LogP contribution in [0.2, 0.25) is 0 Å². The van der Waals surface area contributed by atoms with Gasteiger partial charge in [0.25, 0.3) is 0 Å². The minimum Gasteiger partial charge on any atom is -0.462 e. The number of esters is 4. The molecule has 0 aromatic heterocycles. The first-order chi connectivity index (χ1) is 45.0. The van der Waals surface area contributed by atoms with E-state index in [0.717, 1.165) is 95.8 Å². The van der Waals surface area contributed by atoms with Crippen LogP contribution in [0.5, 0.6) is 0 Å².